The first kappa shape index (κ1) is 21.7. The molecule has 0 radical (unpaired) electrons. The summed E-state index contributed by atoms with van der Waals surface area (Å²) in [4.78, 5) is 14.0. The van der Waals surface area contributed by atoms with E-state index < -0.39 is 10.0 Å². The van der Waals surface area contributed by atoms with Gasteiger partial charge in [0.25, 0.3) is 0 Å². The van der Waals surface area contributed by atoms with E-state index in [-0.39, 0.29) is 42.2 Å². The minimum atomic E-state index is -3.62. The third-order valence-corrected chi connectivity index (χ3v) is 5.45. The summed E-state index contributed by atoms with van der Waals surface area (Å²) >= 11 is 0. The highest BCUT2D eigenvalue weighted by molar-refractivity contribution is 7.89. The Bertz CT molecular complexity index is 644. The second-order valence-corrected chi connectivity index (χ2v) is 7.54. The summed E-state index contributed by atoms with van der Waals surface area (Å²) in [6, 6.07) is 6.36. The van der Waals surface area contributed by atoms with Gasteiger partial charge >= 0.3 is 0 Å². The molecule has 1 aliphatic heterocycles. The molecule has 0 aliphatic carbocycles. The van der Waals surface area contributed by atoms with Crippen LogP contribution in [0.5, 0.6) is 5.75 Å². The van der Waals surface area contributed by atoms with Gasteiger partial charge in [-0.1, -0.05) is 0 Å². The second-order valence-electron chi connectivity index (χ2n) is 5.77. The average molecular weight is 392 g/mol. The summed E-state index contributed by atoms with van der Waals surface area (Å²) in [6.07, 6.45) is 1.73. The number of piperidine rings is 1. The lowest BCUT2D eigenvalue weighted by Gasteiger charge is -2.30. The minimum absolute atomic E-state index is 0. The van der Waals surface area contributed by atoms with Gasteiger partial charge in [0.15, 0.2) is 0 Å². The summed E-state index contributed by atoms with van der Waals surface area (Å²) in [7, 11) is -3.62. The van der Waals surface area contributed by atoms with Crippen LogP contribution in [0.25, 0.3) is 0 Å². The van der Waals surface area contributed by atoms with Gasteiger partial charge in [0.05, 0.1) is 11.5 Å². The zero-order chi connectivity index (χ0) is 17.6. The predicted molar refractivity (Wildman–Crippen MR) is 98.5 cm³/mol. The number of carbonyl (C=O) groups is 1. The zero-order valence-corrected chi connectivity index (χ0v) is 15.9. The van der Waals surface area contributed by atoms with Gasteiger partial charge in [-0.05, 0) is 44.0 Å². The van der Waals surface area contributed by atoms with Gasteiger partial charge in [-0.2, -0.15) is 0 Å². The Kier molecular flexibility index (Phi) is 8.64. The number of nitrogens with one attached hydrogen (secondary N) is 1. The molecular weight excluding hydrogens is 366 g/mol. The Hall–Kier alpha value is -1.35. The maximum atomic E-state index is 12.2. The predicted octanol–water partition coefficient (Wildman–Crippen LogP) is 1.13. The van der Waals surface area contributed by atoms with Gasteiger partial charge in [0, 0.05) is 32.1 Å². The van der Waals surface area contributed by atoms with Crippen LogP contribution in [0, 0.1) is 0 Å². The van der Waals surface area contributed by atoms with E-state index >= 15 is 0 Å². The molecule has 0 bridgehead atoms. The Balaban J connectivity index is 0.00000312. The number of likely N-dealkylation sites (tertiary alicyclic amines) is 1. The lowest BCUT2D eigenvalue weighted by molar-refractivity contribution is -0.132. The van der Waals surface area contributed by atoms with Crippen LogP contribution in [0.1, 0.15) is 26.2 Å². The van der Waals surface area contributed by atoms with E-state index in [1.165, 1.54) is 12.1 Å². The van der Waals surface area contributed by atoms with Gasteiger partial charge in [-0.15, -0.1) is 12.4 Å². The van der Waals surface area contributed by atoms with E-state index in [1.807, 2.05) is 6.92 Å². The molecule has 1 aromatic rings. The van der Waals surface area contributed by atoms with Crippen molar-refractivity contribution in [1.82, 2.24) is 9.62 Å². The molecule has 1 saturated heterocycles. The maximum absolute atomic E-state index is 12.2. The third-order valence-electron chi connectivity index (χ3n) is 3.97. The number of hydrogen-bond donors (Lipinski definition) is 2. The number of sulfonamides is 1. The van der Waals surface area contributed by atoms with Crippen LogP contribution < -0.4 is 15.2 Å². The van der Waals surface area contributed by atoms with E-state index in [4.69, 9.17) is 10.5 Å². The fraction of sp³-hybridized carbons (Fsp3) is 0.562. The number of hydrogen-bond acceptors (Lipinski definition) is 5. The maximum Gasteiger partial charge on any atom is 0.240 e. The van der Waals surface area contributed by atoms with E-state index in [1.54, 1.807) is 17.0 Å². The molecule has 7 nitrogen and oxygen atoms in total. The highest BCUT2D eigenvalue weighted by Gasteiger charge is 2.21. The smallest absolute Gasteiger partial charge is 0.240 e. The van der Waals surface area contributed by atoms with E-state index in [9.17, 15) is 13.2 Å². The van der Waals surface area contributed by atoms with E-state index in [0.717, 1.165) is 12.8 Å². The molecule has 0 unspecified atom stereocenters. The van der Waals surface area contributed by atoms with Crippen molar-refractivity contribution in [3.8, 4) is 5.75 Å². The summed E-state index contributed by atoms with van der Waals surface area (Å²) in [5, 5.41) is 0. The average Bonchev–Trinajstić information content (AvgIpc) is 2.56. The number of benzene rings is 1. The van der Waals surface area contributed by atoms with Crippen molar-refractivity contribution < 1.29 is 17.9 Å². The fourth-order valence-electron chi connectivity index (χ4n) is 2.56. The van der Waals surface area contributed by atoms with Crippen LogP contribution >= 0.6 is 12.4 Å². The molecule has 9 heteroatoms. The van der Waals surface area contributed by atoms with Crippen LogP contribution in [-0.4, -0.2) is 51.5 Å². The molecule has 3 N–H and O–H groups in total. The SMILES string of the molecule is CCOc1ccc(S(=O)(=O)NCCC(=O)N2CCC(N)CC2)cc1.Cl. The lowest BCUT2D eigenvalue weighted by Crippen LogP contribution is -2.43. The van der Waals surface area contributed by atoms with E-state index in [0.29, 0.717) is 25.4 Å². The Labute approximate surface area is 155 Å². The standard InChI is InChI=1S/C16H25N3O4S.ClH/c1-2-23-14-3-5-15(6-4-14)24(21,22)18-10-7-16(20)19-11-8-13(17)9-12-19;/h3-6,13,18H,2,7-12,17H2,1H3;1H. The van der Waals surface area contributed by atoms with Crippen LogP contribution in [-0.2, 0) is 14.8 Å². The van der Waals surface area contributed by atoms with Gasteiger partial charge in [-0.25, -0.2) is 13.1 Å². The minimum Gasteiger partial charge on any atom is -0.494 e. The molecule has 1 aromatic carbocycles. The van der Waals surface area contributed by atoms with Crippen molar-refractivity contribution in [3.63, 3.8) is 0 Å². The third kappa shape index (κ3) is 6.47. The number of halogens is 1. The van der Waals surface area contributed by atoms with Crippen molar-refractivity contribution in [2.24, 2.45) is 5.73 Å². The Morgan fingerprint density at radius 3 is 2.44 bits per heavy atom. The largest absolute Gasteiger partial charge is 0.494 e. The molecule has 25 heavy (non-hydrogen) atoms. The van der Waals surface area contributed by atoms with Crippen molar-refractivity contribution in [1.29, 1.82) is 0 Å². The van der Waals surface area contributed by atoms with E-state index in [2.05, 4.69) is 4.72 Å². The first-order chi connectivity index (χ1) is 11.4. The topological polar surface area (TPSA) is 102 Å². The summed E-state index contributed by atoms with van der Waals surface area (Å²) in [5.74, 6) is 0.575. The number of nitrogens with two attached hydrogens (primary N) is 1. The quantitative estimate of drug-likeness (QED) is 0.725. The van der Waals surface area contributed by atoms with Crippen LogP contribution in [0.4, 0.5) is 0 Å². The molecule has 0 atom stereocenters. The van der Waals surface area contributed by atoms with Crippen molar-refractivity contribution in [2.45, 2.75) is 37.1 Å². The fourth-order valence-corrected chi connectivity index (χ4v) is 3.60. The molecule has 0 saturated carbocycles. The molecular formula is C16H26ClN3O4S. The van der Waals surface area contributed by atoms with Crippen LogP contribution in [0.15, 0.2) is 29.2 Å². The lowest BCUT2D eigenvalue weighted by atomic mass is 10.1. The van der Waals surface area contributed by atoms with Gasteiger partial charge in [0.2, 0.25) is 15.9 Å². The second kappa shape index (κ2) is 9.96. The van der Waals surface area contributed by atoms with Crippen molar-refractivity contribution >= 4 is 28.3 Å². The number of amides is 1. The molecule has 1 amide bonds. The highest BCUT2D eigenvalue weighted by atomic mass is 35.5. The molecule has 1 fully saturated rings. The first-order valence-electron chi connectivity index (χ1n) is 8.18. The molecule has 142 valence electrons. The number of rotatable bonds is 7. The number of ether oxygens (including phenoxy) is 1. The summed E-state index contributed by atoms with van der Waals surface area (Å²) < 4.78 is 32.2. The highest BCUT2D eigenvalue weighted by Crippen LogP contribution is 2.16. The van der Waals surface area contributed by atoms with Gasteiger partial charge < -0.3 is 15.4 Å². The molecule has 1 heterocycles. The normalized spacial score (nSPS) is 15.5. The number of nitrogens with zero attached hydrogens (tertiary/aromatic N) is 1. The van der Waals surface area contributed by atoms with Crippen LogP contribution in [0.3, 0.4) is 0 Å². The van der Waals surface area contributed by atoms with Crippen molar-refractivity contribution in [3.05, 3.63) is 24.3 Å². The summed E-state index contributed by atoms with van der Waals surface area (Å²) in [6.45, 7) is 3.75. The van der Waals surface area contributed by atoms with Gasteiger partial charge in [-0.3, -0.25) is 4.79 Å². The molecule has 1 aliphatic rings. The zero-order valence-electron chi connectivity index (χ0n) is 14.3. The summed E-state index contributed by atoms with van der Waals surface area (Å²) in [5.41, 5.74) is 5.81. The Morgan fingerprint density at radius 1 is 1.28 bits per heavy atom. The van der Waals surface area contributed by atoms with Crippen molar-refractivity contribution in [2.75, 3.05) is 26.2 Å². The van der Waals surface area contributed by atoms with Gasteiger partial charge in [0.1, 0.15) is 5.75 Å². The molecule has 0 spiro atoms. The van der Waals surface area contributed by atoms with Crippen LogP contribution in [0.2, 0.25) is 0 Å². The first-order valence-corrected chi connectivity index (χ1v) is 9.66. The number of carbonyl (C=O) groups excluding carboxylic acids is 1. The molecule has 0 aromatic heterocycles. The monoisotopic (exact) mass is 391 g/mol. The Morgan fingerprint density at radius 2 is 1.88 bits per heavy atom. The molecule has 2 rings (SSSR count).